The van der Waals surface area contributed by atoms with Crippen LogP contribution in [0.25, 0.3) is 0 Å². The molecule has 0 fully saturated rings. The summed E-state index contributed by atoms with van der Waals surface area (Å²) in [5.74, 6) is 2.68. The first-order chi connectivity index (χ1) is 13.0. The monoisotopic (exact) mass is 475 g/mol. The molecular formula is C24H41Cl2SiTi-2. The van der Waals surface area contributed by atoms with Crippen molar-refractivity contribution in [3.8, 4) is 0 Å². The molecule has 0 unspecified atom stereocenters. The van der Waals surface area contributed by atoms with Crippen LogP contribution in [0.15, 0.2) is 36.4 Å². The van der Waals surface area contributed by atoms with Crippen LogP contribution in [0.1, 0.15) is 101 Å². The molecule has 2 aromatic rings. The van der Waals surface area contributed by atoms with Gasteiger partial charge in [-0.3, -0.25) is 0 Å². The standard InChI is InChI=1S/2C11H17.C2H7Si.2ClH.Ti/c2*1-8(2)10-5-6-11(7-10)9(3)4;1-3-2;;;/h2*5-9H,1-4H3;3H,1-2H3;2*1H;/q2*-1;;;;+2/p-2. The molecule has 28 heavy (non-hydrogen) atoms. The van der Waals surface area contributed by atoms with Crippen LogP contribution in [-0.2, 0) is 17.0 Å². The molecule has 0 aliphatic carbocycles. The van der Waals surface area contributed by atoms with Gasteiger partial charge in [-0.1, -0.05) is 80.3 Å². The topological polar surface area (TPSA) is 0 Å². The average molecular weight is 476 g/mol. The summed E-state index contributed by atoms with van der Waals surface area (Å²) in [7, 11) is 10.5. The van der Waals surface area contributed by atoms with Gasteiger partial charge in [0.2, 0.25) is 0 Å². The summed E-state index contributed by atoms with van der Waals surface area (Å²) in [5, 5.41) is 0. The summed E-state index contributed by atoms with van der Waals surface area (Å²) in [6.45, 7) is 22.3. The van der Waals surface area contributed by atoms with E-state index in [2.05, 4.69) is 105 Å². The summed E-state index contributed by atoms with van der Waals surface area (Å²) >= 11 is -0.556. The fourth-order valence-corrected chi connectivity index (χ4v) is 2.40. The van der Waals surface area contributed by atoms with Crippen LogP contribution in [-0.4, -0.2) is 9.52 Å². The van der Waals surface area contributed by atoms with Crippen molar-refractivity contribution in [3.63, 3.8) is 0 Å². The van der Waals surface area contributed by atoms with Crippen molar-refractivity contribution in [1.82, 2.24) is 0 Å². The van der Waals surface area contributed by atoms with Gasteiger partial charge in [-0.2, -0.15) is 46.5 Å². The molecule has 0 aromatic heterocycles. The van der Waals surface area contributed by atoms with Crippen LogP contribution in [0.2, 0.25) is 13.1 Å². The zero-order valence-electron chi connectivity index (χ0n) is 19.6. The predicted molar refractivity (Wildman–Crippen MR) is 131 cm³/mol. The van der Waals surface area contributed by atoms with E-state index in [-0.39, 0.29) is 0 Å². The Balaban J connectivity index is 0. The van der Waals surface area contributed by atoms with Gasteiger partial charge in [0.25, 0.3) is 0 Å². The van der Waals surface area contributed by atoms with Crippen LogP contribution in [0.5, 0.6) is 0 Å². The van der Waals surface area contributed by atoms with Gasteiger partial charge >= 0.3 is 35.6 Å². The molecule has 0 aliphatic rings. The van der Waals surface area contributed by atoms with E-state index in [0.29, 0.717) is 23.7 Å². The van der Waals surface area contributed by atoms with Gasteiger partial charge in [0.05, 0.1) is 0 Å². The molecule has 4 heteroatoms. The average Bonchev–Trinajstić information content (AvgIpc) is 3.27. The summed E-state index contributed by atoms with van der Waals surface area (Å²) < 4.78 is 0. The van der Waals surface area contributed by atoms with Gasteiger partial charge in [0.15, 0.2) is 0 Å². The Labute approximate surface area is 195 Å². The third-order valence-electron chi connectivity index (χ3n) is 4.27. The number of hydrogen-bond donors (Lipinski definition) is 0. The first-order valence-corrected chi connectivity index (χ1v) is 16.9. The Hall–Kier alpha value is 0.211. The van der Waals surface area contributed by atoms with Crippen molar-refractivity contribution in [3.05, 3.63) is 58.7 Å². The summed E-state index contributed by atoms with van der Waals surface area (Å²) in [4.78, 5) is 0. The molecule has 1 radical (unpaired) electrons. The zero-order chi connectivity index (χ0) is 22.3. The molecule has 0 spiro atoms. The number of rotatable bonds is 4. The van der Waals surface area contributed by atoms with E-state index in [0.717, 1.165) is 9.52 Å². The van der Waals surface area contributed by atoms with E-state index in [4.69, 9.17) is 18.6 Å². The van der Waals surface area contributed by atoms with Crippen molar-refractivity contribution < 1.29 is 17.0 Å². The van der Waals surface area contributed by atoms with Gasteiger partial charge in [-0.05, 0) is 11.8 Å². The predicted octanol–water partition coefficient (Wildman–Crippen LogP) is 9.20. The molecular weight excluding hydrogens is 435 g/mol. The molecule has 0 N–H and O–H groups in total. The molecule has 0 saturated carbocycles. The van der Waals surface area contributed by atoms with E-state index < -0.39 is 17.0 Å². The van der Waals surface area contributed by atoms with Crippen molar-refractivity contribution >= 4 is 28.1 Å². The molecule has 0 amide bonds. The Bertz CT molecular complexity index is 486. The molecule has 0 aliphatic heterocycles. The maximum atomic E-state index is 4.89. The van der Waals surface area contributed by atoms with Crippen LogP contribution < -0.4 is 0 Å². The molecule has 161 valence electrons. The van der Waals surface area contributed by atoms with E-state index in [9.17, 15) is 0 Å². The molecule has 0 nitrogen and oxygen atoms in total. The van der Waals surface area contributed by atoms with E-state index >= 15 is 0 Å². The van der Waals surface area contributed by atoms with Gasteiger partial charge < -0.3 is 0 Å². The molecule has 0 heterocycles. The third kappa shape index (κ3) is 14.2. The second-order valence-electron chi connectivity index (χ2n) is 8.22. The van der Waals surface area contributed by atoms with Gasteiger partial charge in [0, 0.05) is 9.52 Å². The minimum atomic E-state index is -0.556. The van der Waals surface area contributed by atoms with Crippen molar-refractivity contribution in [2.75, 3.05) is 0 Å². The molecule has 0 atom stereocenters. The third-order valence-corrected chi connectivity index (χ3v) is 4.27. The second-order valence-corrected chi connectivity index (χ2v) is 12.0. The second kappa shape index (κ2) is 18.0. The summed E-state index contributed by atoms with van der Waals surface area (Å²) in [6, 6.07) is 13.6. The normalized spacial score (nSPS) is 10.1. The Morgan fingerprint density at radius 2 is 0.929 bits per heavy atom. The minimum absolute atomic E-state index is 0.556. The maximum absolute atomic E-state index is 4.89. The molecule has 2 rings (SSSR count). The Kier molecular flexibility index (Phi) is 19.6. The SMILES string of the molecule is CC(C)c1c[cH-]c(C(C)C)c1.CC(C)c1c[cH-]c(C(C)C)c1.C[SiH]C.[Cl][Ti][Cl]. The van der Waals surface area contributed by atoms with Gasteiger partial charge in [-0.15, -0.1) is 0 Å². The van der Waals surface area contributed by atoms with Gasteiger partial charge in [-0.25, -0.2) is 12.1 Å². The Morgan fingerprint density at radius 3 is 1.04 bits per heavy atom. The van der Waals surface area contributed by atoms with Crippen LogP contribution in [0.3, 0.4) is 0 Å². The van der Waals surface area contributed by atoms with Crippen LogP contribution in [0, 0.1) is 0 Å². The van der Waals surface area contributed by atoms with Gasteiger partial charge in [0.1, 0.15) is 0 Å². The van der Waals surface area contributed by atoms with E-state index in [1.54, 1.807) is 0 Å². The molecule has 2 aromatic carbocycles. The van der Waals surface area contributed by atoms with Crippen molar-refractivity contribution in [2.24, 2.45) is 0 Å². The first-order valence-electron chi connectivity index (χ1n) is 10.3. The van der Waals surface area contributed by atoms with Crippen LogP contribution >= 0.6 is 18.6 Å². The van der Waals surface area contributed by atoms with E-state index in [1.807, 2.05) is 0 Å². The van der Waals surface area contributed by atoms with Crippen molar-refractivity contribution in [2.45, 2.75) is 92.2 Å². The summed E-state index contributed by atoms with van der Waals surface area (Å²) in [6.07, 6.45) is 0. The van der Waals surface area contributed by atoms with Crippen LogP contribution in [0.4, 0.5) is 0 Å². The van der Waals surface area contributed by atoms with Crippen molar-refractivity contribution in [1.29, 1.82) is 0 Å². The number of hydrogen-bond acceptors (Lipinski definition) is 0. The van der Waals surface area contributed by atoms with E-state index in [1.165, 1.54) is 22.3 Å². The summed E-state index contributed by atoms with van der Waals surface area (Å²) in [5.41, 5.74) is 5.87. The fraction of sp³-hybridized carbons (Fsp3) is 0.583. The molecule has 0 bridgehead atoms. The molecule has 0 saturated heterocycles. The quantitative estimate of drug-likeness (QED) is 0.305. The fourth-order valence-electron chi connectivity index (χ4n) is 2.40. The Morgan fingerprint density at radius 1 is 0.679 bits per heavy atom. The zero-order valence-corrected chi connectivity index (χ0v) is 23.8. The first kappa shape index (κ1) is 30.4. The number of halogens is 2.